The molecule has 7 heteroatoms. The van der Waals surface area contributed by atoms with Crippen molar-refractivity contribution in [3.8, 4) is 0 Å². The maximum Gasteiger partial charge on any atom is 0.243 e. The lowest BCUT2D eigenvalue weighted by molar-refractivity contribution is -0.124. The minimum Gasteiger partial charge on any atom is -0.381 e. The molecule has 1 atom stereocenters. The van der Waals surface area contributed by atoms with Gasteiger partial charge in [-0.25, -0.2) is 4.98 Å². The molecule has 2 aliphatic heterocycles. The second-order valence-electron chi connectivity index (χ2n) is 6.71. The van der Waals surface area contributed by atoms with Crippen LogP contribution in [0, 0.1) is 0 Å². The average molecular weight is 380 g/mol. The van der Waals surface area contributed by atoms with Crippen molar-refractivity contribution in [1.29, 1.82) is 0 Å². The molecule has 2 fully saturated rings. The lowest BCUT2D eigenvalue weighted by Crippen LogP contribution is -2.53. The first kappa shape index (κ1) is 17.2. The van der Waals surface area contributed by atoms with Crippen LogP contribution in [0.4, 0.5) is 5.13 Å². The van der Waals surface area contributed by atoms with E-state index in [0.29, 0.717) is 16.2 Å². The van der Waals surface area contributed by atoms with Crippen LogP contribution >= 0.6 is 22.9 Å². The number of benzene rings is 1. The van der Waals surface area contributed by atoms with Crippen molar-refractivity contribution >= 4 is 44.2 Å². The maximum atomic E-state index is 12.9. The molecule has 1 N–H and O–H groups in total. The Labute approximate surface area is 156 Å². The molecule has 0 radical (unpaired) electrons. The molecule has 2 aliphatic rings. The summed E-state index contributed by atoms with van der Waals surface area (Å²) >= 11 is 7.51. The summed E-state index contributed by atoms with van der Waals surface area (Å²) < 4.78 is 6.47. The maximum absolute atomic E-state index is 12.9. The minimum absolute atomic E-state index is 0.0625. The number of hydrogen-bond donors (Lipinski definition) is 1. The third-order valence-electron chi connectivity index (χ3n) is 5.09. The number of carbonyl (C=O) groups is 1. The van der Waals surface area contributed by atoms with Gasteiger partial charge in [0.2, 0.25) is 5.91 Å². The van der Waals surface area contributed by atoms with E-state index in [2.05, 4.69) is 15.2 Å². The summed E-state index contributed by atoms with van der Waals surface area (Å²) in [6, 6.07) is 5.99. The van der Waals surface area contributed by atoms with Gasteiger partial charge in [-0.2, -0.15) is 0 Å². The highest BCUT2D eigenvalue weighted by Crippen LogP contribution is 2.30. The molecular formula is C18H22ClN3O2S. The lowest BCUT2D eigenvalue weighted by Gasteiger charge is -2.41. The zero-order valence-electron chi connectivity index (χ0n) is 14.0. The van der Waals surface area contributed by atoms with Gasteiger partial charge in [0.25, 0.3) is 0 Å². The van der Waals surface area contributed by atoms with Gasteiger partial charge >= 0.3 is 0 Å². The molecule has 5 nitrogen and oxygen atoms in total. The summed E-state index contributed by atoms with van der Waals surface area (Å²) in [5.74, 6) is 0.0661. The number of piperidine rings is 1. The van der Waals surface area contributed by atoms with Crippen molar-refractivity contribution in [2.45, 2.75) is 44.2 Å². The zero-order valence-corrected chi connectivity index (χ0v) is 15.6. The number of thiazole rings is 1. The van der Waals surface area contributed by atoms with Crippen LogP contribution in [-0.2, 0) is 9.53 Å². The smallest absolute Gasteiger partial charge is 0.243 e. The molecule has 3 heterocycles. The average Bonchev–Trinajstić information content (AvgIpc) is 3.03. The Bertz CT molecular complexity index is 760. The number of hydrogen-bond acceptors (Lipinski definition) is 5. The van der Waals surface area contributed by atoms with Gasteiger partial charge in [0.1, 0.15) is 0 Å². The van der Waals surface area contributed by atoms with Crippen molar-refractivity contribution in [3.05, 3.63) is 23.2 Å². The van der Waals surface area contributed by atoms with Crippen LogP contribution < -0.4 is 5.32 Å². The van der Waals surface area contributed by atoms with Crippen molar-refractivity contribution in [2.24, 2.45) is 0 Å². The van der Waals surface area contributed by atoms with Gasteiger partial charge in [0, 0.05) is 24.3 Å². The molecule has 25 heavy (non-hydrogen) atoms. The first-order chi connectivity index (χ1) is 12.2. The fraction of sp³-hybridized carbons (Fsp3) is 0.556. The number of nitrogens with zero attached hydrogens (tertiary/aromatic N) is 2. The fourth-order valence-corrected chi connectivity index (χ4v) is 4.97. The van der Waals surface area contributed by atoms with Gasteiger partial charge in [-0.15, -0.1) is 0 Å². The zero-order chi connectivity index (χ0) is 17.2. The molecule has 0 spiro atoms. The predicted octanol–water partition coefficient (Wildman–Crippen LogP) is 3.92. The van der Waals surface area contributed by atoms with Crippen molar-refractivity contribution in [2.75, 3.05) is 25.1 Å². The highest BCUT2D eigenvalue weighted by molar-refractivity contribution is 7.22. The van der Waals surface area contributed by atoms with Gasteiger partial charge in [-0.05, 0) is 50.4 Å². The Morgan fingerprint density at radius 1 is 1.28 bits per heavy atom. The quantitative estimate of drug-likeness (QED) is 0.878. The van der Waals surface area contributed by atoms with Crippen LogP contribution in [0.5, 0.6) is 0 Å². The molecule has 0 bridgehead atoms. The summed E-state index contributed by atoms with van der Waals surface area (Å²) in [5, 5.41) is 4.38. The Kier molecular flexibility index (Phi) is 5.22. The van der Waals surface area contributed by atoms with E-state index in [1.807, 2.05) is 18.2 Å². The summed E-state index contributed by atoms with van der Waals surface area (Å²) in [7, 11) is 0. The monoisotopic (exact) mass is 379 g/mol. The number of nitrogens with one attached hydrogen (secondary N) is 1. The lowest BCUT2D eigenvalue weighted by atomic mass is 9.96. The largest absolute Gasteiger partial charge is 0.381 e. The number of rotatable bonds is 3. The number of carbonyl (C=O) groups excluding carboxylic acids is 1. The number of likely N-dealkylation sites (tertiary alicyclic amines) is 1. The Balaban J connectivity index is 1.49. The first-order valence-corrected chi connectivity index (χ1v) is 10.1. The molecule has 0 saturated carbocycles. The molecule has 1 aromatic carbocycles. The van der Waals surface area contributed by atoms with Crippen molar-refractivity contribution < 1.29 is 9.53 Å². The Morgan fingerprint density at radius 3 is 2.96 bits per heavy atom. The second-order valence-corrected chi connectivity index (χ2v) is 8.18. The van der Waals surface area contributed by atoms with Crippen LogP contribution in [0.15, 0.2) is 18.2 Å². The molecule has 1 amide bonds. The fourth-order valence-electron chi connectivity index (χ4n) is 3.83. The Morgan fingerprint density at radius 2 is 2.12 bits per heavy atom. The number of anilines is 1. The van der Waals surface area contributed by atoms with Crippen LogP contribution in [0.2, 0.25) is 5.02 Å². The number of amides is 1. The van der Waals surface area contributed by atoms with E-state index in [1.165, 1.54) is 17.8 Å². The van der Waals surface area contributed by atoms with Gasteiger partial charge in [0.15, 0.2) is 5.13 Å². The van der Waals surface area contributed by atoms with E-state index < -0.39 is 0 Å². The molecule has 2 saturated heterocycles. The molecule has 1 unspecified atom stereocenters. The summed E-state index contributed by atoms with van der Waals surface area (Å²) in [4.78, 5) is 19.8. The Hall–Kier alpha value is -1.21. The number of ether oxygens (including phenoxy) is 1. The third-order valence-corrected chi connectivity index (χ3v) is 6.26. The highest BCUT2D eigenvalue weighted by atomic mass is 35.5. The topological polar surface area (TPSA) is 54.5 Å². The standard InChI is InChI=1S/C18H22ClN3O2S/c19-12-4-5-14-16(11-12)25-18(20-14)21-17(23)15-3-1-2-8-22(15)13-6-9-24-10-7-13/h4-5,11,13,15H,1-3,6-10H2,(H,20,21,23). The molecule has 2 aromatic rings. The van der Waals surface area contributed by atoms with E-state index in [4.69, 9.17) is 16.3 Å². The van der Waals surface area contributed by atoms with Gasteiger partial charge in [-0.3, -0.25) is 9.69 Å². The third kappa shape index (κ3) is 3.82. The summed E-state index contributed by atoms with van der Waals surface area (Å²) in [6.45, 7) is 2.60. The van der Waals surface area contributed by atoms with E-state index in [0.717, 1.165) is 55.7 Å². The van der Waals surface area contributed by atoms with E-state index >= 15 is 0 Å². The first-order valence-electron chi connectivity index (χ1n) is 8.91. The molecule has 1 aromatic heterocycles. The van der Waals surface area contributed by atoms with Crippen molar-refractivity contribution in [1.82, 2.24) is 9.88 Å². The van der Waals surface area contributed by atoms with Crippen LogP contribution in [0.1, 0.15) is 32.1 Å². The summed E-state index contributed by atoms with van der Waals surface area (Å²) in [5.41, 5.74) is 0.870. The highest BCUT2D eigenvalue weighted by Gasteiger charge is 2.34. The van der Waals surface area contributed by atoms with E-state index in [9.17, 15) is 4.79 Å². The number of fused-ring (bicyclic) bond motifs is 1. The molecule has 134 valence electrons. The van der Waals surface area contributed by atoms with Gasteiger partial charge in [-0.1, -0.05) is 29.4 Å². The van der Waals surface area contributed by atoms with Crippen molar-refractivity contribution in [3.63, 3.8) is 0 Å². The van der Waals surface area contributed by atoms with Crippen LogP contribution in [-0.4, -0.2) is 47.6 Å². The predicted molar refractivity (Wildman–Crippen MR) is 101 cm³/mol. The number of aromatic nitrogens is 1. The minimum atomic E-state index is -0.0625. The van der Waals surface area contributed by atoms with E-state index in [1.54, 1.807) is 0 Å². The van der Waals surface area contributed by atoms with E-state index in [-0.39, 0.29) is 11.9 Å². The molecule has 0 aliphatic carbocycles. The van der Waals surface area contributed by atoms with Gasteiger partial charge < -0.3 is 10.1 Å². The molecule has 4 rings (SSSR count). The number of halogens is 1. The van der Waals surface area contributed by atoms with Crippen LogP contribution in [0.25, 0.3) is 10.2 Å². The summed E-state index contributed by atoms with van der Waals surface area (Å²) in [6.07, 6.45) is 5.22. The normalized spacial score (nSPS) is 23.0. The SMILES string of the molecule is O=C(Nc1nc2ccc(Cl)cc2s1)C1CCCCN1C1CCOCC1. The second kappa shape index (κ2) is 7.58. The van der Waals surface area contributed by atoms with Crippen LogP contribution in [0.3, 0.4) is 0 Å². The molecular weight excluding hydrogens is 358 g/mol. The van der Waals surface area contributed by atoms with Gasteiger partial charge in [0.05, 0.1) is 16.3 Å².